The van der Waals surface area contributed by atoms with Gasteiger partial charge in [0.2, 0.25) is 0 Å². The summed E-state index contributed by atoms with van der Waals surface area (Å²) >= 11 is 0. The maximum absolute atomic E-state index is 15.4. The van der Waals surface area contributed by atoms with Crippen LogP contribution in [0.1, 0.15) is 101 Å². The van der Waals surface area contributed by atoms with Crippen LogP contribution in [0.25, 0.3) is 49.9 Å². The third-order valence-corrected chi connectivity index (χ3v) is 13.2. The van der Waals surface area contributed by atoms with Crippen LogP contribution in [0.4, 0.5) is 27.1 Å². The van der Waals surface area contributed by atoms with Crippen molar-refractivity contribution in [3.63, 3.8) is 0 Å². The second kappa shape index (κ2) is 17.3. The van der Waals surface area contributed by atoms with E-state index >= 15 is 4.39 Å². The molecule has 0 aliphatic carbocycles. The summed E-state index contributed by atoms with van der Waals surface area (Å²) in [4.78, 5) is 9.68. The van der Waals surface area contributed by atoms with Crippen LogP contribution in [-0.2, 0) is 0 Å². The van der Waals surface area contributed by atoms with Gasteiger partial charge in [0, 0.05) is 46.0 Å². The molecule has 0 spiro atoms. The Morgan fingerprint density at radius 2 is 1.12 bits per heavy atom. The van der Waals surface area contributed by atoms with Crippen molar-refractivity contribution in [2.45, 2.75) is 79.1 Å². The average Bonchev–Trinajstić information content (AvgIpc) is 3.87. The number of aromatic nitrogens is 2. The Labute approximate surface area is 388 Å². The van der Waals surface area contributed by atoms with Crippen molar-refractivity contribution in [1.82, 2.24) is 9.55 Å². The summed E-state index contributed by atoms with van der Waals surface area (Å²) in [5.41, 5.74) is 15.5. The Morgan fingerprint density at radius 1 is 0.500 bits per heavy atom. The molecule has 3 heterocycles. The largest absolute Gasteiger partial charge is 0.457 e. The average molecular weight is 869 g/mol. The molecule has 0 radical (unpaired) electrons. The highest BCUT2D eigenvalue weighted by Crippen LogP contribution is 2.51. The highest BCUT2D eigenvalue weighted by Gasteiger charge is 2.33. The number of fused-ring (bicyclic) bond motifs is 4. The van der Waals surface area contributed by atoms with E-state index in [1.54, 1.807) is 12.1 Å². The van der Waals surface area contributed by atoms with Gasteiger partial charge < -0.3 is 14.5 Å². The SMILES string of the molecule is CC(C)c1cccc(C(C)C)c1-c1cc(Oc2ccc3c4ccccc4n(-c4ccccn4)c3c2)cc(N2CN(c3c(C(C)C)cc(-c4ccccc4F)cc3C(C)C)c3ccccc32)c1. The number of halogens is 1. The monoisotopic (exact) mass is 868 g/mol. The molecule has 66 heavy (non-hydrogen) atoms. The van der Waals surface area contributed by atoms with Gasteiger partial charge >= 0.3 is 0 Å². The molecule has 0 saturated carbocycles. The first-order valence-electron chi connectivity index (χ1n) is 23.4. The maximum atomic E-state index is 15.4. The molecule has 0 amide bonds. The second-order valence-electron chi connectivity index (χ2n) is 18.9. The lowest BCUT2D eigenvalue weighted by Crippen LogP contribution is -2.26. The lowest BCUT2D eigenvalue weighted by atomic mass is 9.85. The van der Waals surface area contributed by atoms with E-state index in [4.69, 9.17) is 9.72 Å². The highest BCUT2D eigenvalue weighted by atomic mass is 19.1. The smallest absolute Gasteiger partial charge is 0.137 e. The molecule has 7 aromatic carbocycles. The molecule has 0 atom stereocenters. The van der Waals surface area contributed by atoms with Crippen molar-refractivity contribution >= 4 is 44.6 Å². The van der Waals surface area contributed by atoms with Gasteiger partial charge in [0.15, 0.2) is 0 Å². The van der Waals surface area contributed by atoms with Crippen LogP contribution in [0.3, 0.4) is 0 Å². The van der Waals surface area contributed by atoms with E-state index in [1.165, 1.54) is 38.9 Å². The van der Waals surface area contributed by atoms with Gasteiger partial charge in [-0.2, -0.15) is 0 Å². The highest BCUT2D eigenvalue weighted by molar-refractivity contribution is 6.09. The van der Waals surface area contributed by atoms with Crippen LogP contribution < -0.4 is 14.5 Å². The summed E-state index contributed by atoms with van der Waals surface area (Å²) in [6.07, 6.45) is 1.84. The first-order valence-corrected chi connectivity index (χ1v) is 23.4. The zero-order valence-corrected chi connectivity index (χ0v) is 39.2. The fourth-order valence-corrected chi connectivity index (χ4v) is 10.1. The van der Waals surface area contributed by atoms with Crippen LogP contribution in [0.5, 0.6) is 11.5 Å². The molecule has 1 aliphatic heterocycles. The second-order valence-corrected chi connectivity index (χ2v) is 18.9. The van der Waals surface area contributed by atoms with E-state index in [1.807, 2.05) is 30.5 Å². The van der Waals surface area contributed by atoms with Crippen molar-refractivity contribution in [2.75, 3.05) is 16.5 Å². The summed E-state index contributed by atoms with van der Waals surface area (Å²) in [5, 5.41) is 2.31. The number of ether oxygens (including phenoxy) is 1. The lowest BCUT2D eigenvalue weighted by molar-refractivity contribution is 0.483. The fraction of sp³-hybridized carbons (Fsp3) is 0.217. The molecule has 1 aliphatic rings. The molecule has 0 unspecified atom stereocenters. The molecule has 9 aromatic rings. The van der Waals surface area contributed by atoms with Crippen LogP contribution in [0.15, 0.2) is 164 Å². The standard InChI is InChI=1S/C60H57FN4O/c1-37(2)46-20-17-21-47(38(3)4)59(46)42-30-43(34-45(31-42)66-44-27-28-50-49-19-10-12-23-54(49)65(57(50)35-44)58-26-15-16-29-62-58)63-36-64(56-25-14-13-24-55(56)63)60-51(39(5)6)32-41(33-52(60)40(7)8)48-18-9-11-22-53(48)61/h9-35,37-40H,36H2,1-8H3. The van der Waals surface area contributed by atoms with Gasteiger partial charge in [-0.15, -0.1) is 0 Å². The van der Waals surface area contributed by atoms with Gasteiger partial charge in [-0.25, -0.2) is 9.37 Å². The molecule has 6 heteroatoms. The van der Waals surface area contributed by atoms with E-state index in [0.29, 0.717) is 24.1 Å². The Hall–Kier alpha value is -7.18. The molecular weight excluding hydrogens is 812 g/mol. The predicted octanol–water partition coefficient (Wildman–Crippen LogP) is 17.2. The molecular formula is C60H57FN4O. The number of pyridine rings is 1. The molecule has 330 valence electrons. The normalized spacial score (nSPS) is 12.7. The Kier molecular flexibility index (Phi) is 11.2. The van der Waals surface area contributed by atoms with E-state index < -0.39 is 0 Å². The minimum Gasteiger partial charge on any atom is -0.457 e. The van der Waals surface area contributed by atoms with Crippen LogP contribution >= 0.6 is 0 Å². The summed E-state index contributed by atoms with van der Waals surface area (Å²) in [6.45, 7) is 18.7. The first kappa shape index (κ1) is 42.8. The van der Waals surface area contributed by atoms with Gasteiger partial charge in [-0.1, -0.05) is 128 Å². The maximum Gasteiger partial charge on any atom is 0.137 e. The minimum absolute atomic E-state index is 0.185. The number of hydrogen-bond donors (Lipinski definition) is 0. The quantitative estimate of drug-likeness (QED) is 0.130. The molecule has 2 aromatic heterocycles. The fourth-order valence-electron chi connectivity index (χ4n) is 10.1. The van der Waals surface area contributed by atoms with Gasteiger partial charge in [-0.3, -0.25) is 4.57 Å². The number of benzene rings is 7. The Bertz CT molecular complexity index is 3200. The zero-order chi connectivity index (χ0) is 45.8. The summed E-state index contributed by atoms with van der Waals surface area (Å²) in [5.74, 6) is 3.13. The molecule has 5 nitrogen and oxygen atoms in total. The van der Waals surface area contributed by atoms with Crippen molar-refractivity contribution < 1.29 is 9.13 Å². The zero-order valence-electron chi connectivity index (χ0n) is 39.2. The summed E-state index contributed by atoms with van der Waals surface area (Å²) in [6, 6.07) is 54.8. The molecule has 0 N–H and O–H groups in total. The number of para-hydroxylation sites is 3. The minimum atomic E-state index is -0.208. The van der Waals surface area contributed by atoms with E-state index in [-0.39, 0.29) is 17.7 Å². The molecule has 0 saturated heterocycles. The van der Waals surface area contributed by atoms with Crippen molar-refractivity contribution in [3.8, 4) is 39.6 Å². The van der Waals surface area contributed by atoms with Gasteiger partial charge in [0.05, 0.1) is 22.4 Å². The molecule has 0 bridgehead atoms. The van der Waals surface area contributed by atoms with Gasteiger partial charge in [0.1, 0.15) is 29.8 Å². The van der Waals surface area contributed by atoms with Crippen LogP contribution in [-0.4, -0.2) is 16.2 Å². The molecule has 10 rings (SSSR count). The number of hydrogen-bond acceptors (Lipinski definition) is 4. The third kappa shape index (κ3) is 7.58. The van der Waals surface area contributed by atoms with E-state index in [9.17, 15) is 0 Å². The summed E-state index contributed by atoms with van der Waals surface area (Å²) in [7, 11) is 0. The number of nitrogens with zero attached hydrogens (tertiary/aromatic N) is 4. The van der Waals surface area contributed by atoms with Crippen LogP contribution in [0, 0.1) is 5.82 Å². The Balaban J connectivity index is 1.15. The predicted molar refractivity (Wildman–Crippen MR) is 274 cm³/mol. The molecule has 0 fully saturated rings. The van der Waals surface area contributed by atoms with Crippen molar-refractivity contribution in [3.05, 3.63) is 192 Å². The lowest BCUT2D eigenvalue weighted by Gasteiger charge is -2.30. The van der Waals surface area contributed by atoms with Gasteiger partial charge in [-0.05, 0) is 135 Å². The van der Waals surface area contributed by atoms with E-state index in [0.717, 1.165) is 61.9 Å². The van der Waals surface area contributed by atoms with E-state index in [2.05, 4.69) is 191 Å². The van der Waals surface area contributed by atoms with Crippen molar-refractivity contribution in [1.29, 1.82) is 0 Å². The number of rotatable bonds is 11. The van der Waals surface area contributed by atoms with Crippen molar-refractivity contribution in [2.24, 2.45) is 0 Å². The topological polar surface area (TPSA) is 33.5 Å². The Morgan fingerprint density at radius 3 is 1.79 bits per heavy atom. The summed E-state index contributed by atoms with van der Waals surface area (Å²) < 4.78 is 24.7. The number of anilines is 4. The van der Waals surface area contributed by atoms with Crippen LogP contribution in [0.2, 0.25) is 0 Å². The van der Waals surface area contributed by atoms with Gasteiger partial charge in [0.25, 0.3) is 0 Å². The first-order chi connectivity index (χ1) is 32.0. The third-order valence-electron chi connectivity index (χ3n) is 13.2.